The van der Waals surface area contributed by atoms with Crippen molar-refractivity contribution < 1.29 is 28.2 Å². The van der Waals surface area contributed by atoms with Gasteiger partial charge in [-0.2, -0.15) is 8.78 Å². The number of amides is 1. The molecule has 3 rings (SSSR count). The van der Waals surface area contributed by atoms with Crippen molar-refractivity contribution >= 4 is 11.9 Å². The quantitative estimate of drug-likeness (QED) is 0.881. The predicted octanol–water partition coefficient (Wildman–Crippen LogP) is 3.72. The fourth-order valence-electron chi connectivity index (χ4n) is 3.27. The topological polar surface area (TPSA) is 66.8 Å². The molecule has 1 saturated heterocycles. The van der Waals surface area contributed by atoms with Crippen LogP contribution in [0.2, 0.25) is 0 Å². The highest BCUT2D eigenvalue weighted by atomic mass is 19.3. The molecule has 0 saturated carbocycles. The molecule has 0 aromatic heterocycles. The Morgan fingerprint density at radius 2 is 1.69 bits per heavy atom. The maximum absolute atomic E-state index is 13.0. The number of ether oxygens (including phenoxy) is 1. The fraction of sp³-hybridized carbons (Fsp3) is 0.263. The minimum absolute atomic E-state index is 0.0626. The lowest BCUT2D eigenvalue weighted by molar-refractivity contribution is -0.141. The number of carboxylic acid groups (broad SMARTS) is 1. The van der Waals surface area contributed by atoms with Crippen LogP contribution >= 0.6 is 0 Å². The van der Waals surface area contributed by atoms with E-state index in [1.807, 2.05) is 30.3 Å². The lowest BCUT2D eigenvalue weighted by Gasteiger charge is -2.29. The summed E-state index contributed by atoms with van der Waals surface area (Å²) in [5.41, 5.74) is 1.09. The number of hydrogen-bond acceptors (Lipinski definition) is 3. The molecule has 2 atom stereocenters. The molecule has 1 N–H and O–H groups in total. The molecule has 1 heterocycles. The van der Waals surface area contributed by atoms with Crippen molar-refractivity contribution in [3.05, 3.63) is 65.7 Å². The molecule has 136 valence electrons. The van der Waals surface area contributed by atoms with E-state index in [0.29, 0.717) is 12.8 Å². The number of alkyl halides is 2. The second kappa shape index (κ2) is 7.51. The van der Waals surface area contributed by atoms with Crippen molar-refractivity contribution in [2.75, 3.05) is 0 Å². The Bertz CT molecular complexity index is 780. The average Bonchev–Trinajstić information content (AvgIpc) is 3.07. The minimum atomic E-state index is -2.95. The van der Waals surface area contributed by atoms with Crippen LogP contribution in [0, 0.1) is 0 Å². The third-order valence-corrected chi connectivity index (χ3v) is 4.42. The Morgan fingerprint density at radius 1 is 1.04 bits per heavy atom. The highest BCUT2D eigenvalue weighted by Crippen LogP contribution is 2.37. The number of carbonyl (C=O) groups excluding carboxylic acids is 1. The molecule has 0 spiro atoms. The van der Waals surface area contributed by atoms with Crippen molar-refractivity contribution in [3.63, 3.8) is 0 Å². The largest absolute Gasteiger partial charge is 0.480 e. The molecule has 1 fully saturated rings. The summed E-state index contributed by atoms with van der Waals surface area (Å²) in [6.45, 7) is -2.95. The van der Waals surface area contributed by atoms with E-state index in [1.54, 1.807) is 0 Å². The second-order valence-electron chi connectivity index (χ2n) is 5.97. The Balaban J connectivity index is 1.89. The van der Waals surface area contributed by atoms with Crippen LogP contribution in [0.4, 0.5) is 8.78 Å². The number of halogens is 2. The fourth-order valence-corrected chi connectivity index (χ4v) is 3.27. The van der Waals surface area contributed by atoms with Crippen LogP contribution in [0.5, 0.6) is 5.75 Å². The molecule has 7 heteroatoms. The average molecular weight is 361 g/mol. The van der Waals surface area contributed by atoms with Gasteiger partial charge in [-0.05, 0) is 42.7 Å². The van der Waals surface area contributed by atoms with Crippen LogP contribution in [-0.2, 0) is 4.79 Å². The zero-order chi connectivity index (χ0) is 18.7. The van der Waals surface area contributed by atoms with Crippen LogP contribution in [0.25, 0.3) is 0 Å². The van der Waals surface area contributed by atoms with E-state index in [0.717, 1.165) is 5.56 Å². The van der Waals surface area contributed by atoms with Gasteiger partial charge >= 0.3 is 12.6 Å². The summed E-state index contributed by atoms with van der Waals surface area (Å²) in [4.78, 5) is 25.9. The van der Waals surface area contributed by atoms with E-state index in [2.05, 4.69) is 4.74 Å². The Labute approximate surface area is 148 Å². The van der Waals surface area contributed by atoms with Crippen molar-refractivity contribution in [2.45, 2.75) is 31.5 Å². The molecular weight excluding hydrogens is 344 g/mol. The number of likely N-dealkylation sites (tertiary alicyclic amines) is 1. The summed E-state index contributed by atoms with van der Waals surface area (Å²) in [5, 5.41) is 9.49. The van der Waals surface area contributed by atoms with Gasteiger partial charge in [0.05, 0.1) is 6.04 Å². The molecule has 2 aromatic rings. The number of aliphatic carboxylic acids is 1. The number of carbonyl (C=O) groups is 2. The number of nitrogens with zero attached hydrogens (tertiary/aromatic N) is 1. The first-order valence-corrected chi connectivity index (χ1v) is 8.12. The third-order valence-electron chi connectivity index (χ3n) is 4.42. The van der Waals surface area contributed by atoms with E-state index in [-0.39, 0.29) is 17.4 Å². The SMILES string of the molecule is O=C(O)C1CC[C@@H](c2ccccc2)N1C(=O)c1ccc(OC(F)F)cc1. The van der Waals surface area contributed by atoms with E-state index >= 15 is 0 Å². The van der Waals surface area contributed by atoms with Gasteiger partial charge in [0.1, 0.15) is 11.8 Å². The molecule has 1 amide bonds. The monoisotopic (exact) mass is 361 g/mol. The van der Waals surface area contributed by atoms with Gasteiger partial charge in [0.2, 0.25) is 0 Å². The Hall–Kier alpha value is -2.96. The van der Waals surface area contributed by atoms with Crippen LogP contribution in [0.1, 0.15) is 34.8 Å². The van der Waals surface area contributed by atoms with Gasteiger partial charge in [0.25, 0.3) is 5.91 Å². The standard InChI is InChI=1S/C19H17F2NO4/c20-19(21)26-14-8-6-13(7-9-14)17(23)22-15(10-11-16(22)18(24)25)12-4-2-1-3-5-12/h1-9,15-16,19H,10-11H2,(H,24,25)/t15-,16?/m0/s1. The van der Waals surface area contributed by atoms with Gasteiger partial charge in [0.15, 0.2) is 0 Å². The lowest BCUT2D eigenvalue weighted by atomic mass is 10.0. The summed E-state index contributed by atoms with van der Waals surface area (Å²) < 4.78 is 28.8. The van der Waals surface area contributed by atoms with Crippen molar-refractivity contribution in [3.8, 4) is 5.75 Å². The minimum Gasteiger partial charge on any atom is -0.480 e. The number of benzene rings is 2. The molecule has 1 aliphatic heterocycles. The number of hydrogen-bond donors (Lipinski definition) is 1. The highest BCUT2D eigenvalue weighted by molar-refractivity contribution is 5.97. The van der Waals surface area contributed by atoms with Crippen molar-refractivity contribution in [2.24, 2.45) is 0 Å². The first kappa shape index (κ1) is 17.8. The van der Waals surface area contributed by atoms with Crippen molar-refractivity contribution in [1.82, 2.24) is 4.90 Å². The molecule has 2 aromatic carbocycles. The predicted molar refractivity (Wildman–Crippen MR) is 89.1 cm³/mol. The first-order chi connectivity index (χ1) is 12.5. The van der Waals surface area contributed by atoms with Gasteiger partial charge in [-0.3, -0.25) is 4.79 Å². The smallest absolute Gasteiger partial charge is 0.387 e. The van der Waals surface area contributed by atoms with Gasteiger partial charge in [-0.15, -0.1) is 0 Å². The maximum atomic E-state index is 13.0. The van der Waals surface area contributed by atoms with E-state index in [1.165, 1.54) is 29.2 Å². The van der Waals surface area contributed by atoms with Gasteiger partial charge < -0.3 is 14.7 Å². The molecular formula is C19H17F2NO4. The van der Waals surface area contributed by atoms with Crippen LogP contribution in [0.3, 0.4) is 0 Å². The van der Waals surface area contributed by atoms with Gasteiger partial charge in [0, 0.05) is 5.56 Å². The van der Waals surface area contributed by atoms with Crippen LogP contribution in [0.15, 0.2) is 54.6 Å². The number of carboxylic acids is 1. The second-order valence-corrected chi connectivity index (χ2v) is 5.97. The summed E-state index contributed by atoms with van der Waals surface area (Å²) in [6, 6.07) is 13.2. The molecule has 26 heavy (non-hydrogen) atoms. The summed E-state index contributed by atoms with van der Waals surface area (Å²) in [7, 11) is 0. The van der Waals surface area contributed by atoms with E-state index in [4.69, 9.17) is 0 Å². The molecule has 0 aliphatic carbocycles. The Kier molecular flexibility index (Phi) is 5.16. The van der Waals surface area contributed by atoms with Crippen LogP contribution in [-0.4, -0.2) is 34.5 Å². The van der Waals surface area contributed by atoms with Crippen LogP contribution < -0.4 is 4.74 Å². The molecule has 5 nitrogen and oxygen atoms in total. The Morgan fingerprint density at radius 3 is 2.27 bits per heavy atom. The first-order valence-electron chi connectivity index (χ1n) is 8.12. The third kappa shape index (κ3) is 3.66. The summed E-state index contributed by atoms with van der Waals surface area (Å²) in [6.07, 6.45) is 0.895. The van der Waals surface area contributed by atoms with E-state index < -0.39 is 24.5 Å². The molecule has 0 radical (unpaired) electrons. The van der Waals surface area contributed by atoms with E-state index in [9.17, 15) is 23.5 Å². The normalized spacial score (nSPS) is 19.6. The molecule has 1 aliphatic rings. The summed E-state index contributed by atoms with van der Waals surface area (Å²) >= 11 is 0. The van der Waals surface area contributed by atoms with Crippen molar-refractivity contribution in [1.29, 1.82) is 0 Å². The maximum Gasteiger partial charge on any atom is 0.387 e. The number of rotatable bonds is 5. The highest BCUT2D eigenvalue weighted by Gasteiger charge is 2.41. The lowest BCUT2D eigenvalue weighted by Crippen LogP contribution is -2.41. The summed E-state index contributed by atoms with van der Waals surface area (Å²) in [5.74, 6) is -1.57. The zero-order valence-electron chi connectivity index (χ0n) is 13.7. The van der Waals surface area contributed by atoms with Gasteiger partial charge in [-0.25, -0.2) is 4.79 Å². The zero-order valence-corrected chi connectivity index (χ0v) is 13.7. The van der Waals surface area contributed by atoms with Gasteiger partial charge in [-0.1, -0.05) is 30.3 Å². The molecule has 0 bridgehead atoms. The molecule has 1 unspecified atom stereocenters.